The van der Waals surface area contributed by atoms with Crippen molar-refractivity contribution >= 4 is 33.3 Å². The van der Waals surface area contributed by atoms with Gasteiger partial charge in [-0.2, -0.15) is 13.5 Å². The maximum Gasteiger partial charge on any atom is 1.00 e. The molecule has 0 aliphatic heterocycles. The Labute approximate surface area is 332 Å². The van der Waals surface area contributed by atoms with Gasteiger partial charge >= 0.3 is 71.1 Å². The Kier molecular flexibility index (Phi) is 41.0. The van der Waals surface area contributed by atoms with Crippen LogP contribution in [0.4, 0.5) is 0 Å². The smallest absolute Gasteiger partial charge is 0.790 e. The number of ether oxygens (including phenoxy) is 2. The monoisotopic (exact) mass is 686 g/mol. The van der Waals surface area contributed by atoms with Crippen LogP contribution in [0.5, 0.6) is 0 Å². The van der Waals surface area contributed by atoms with Crippen LogP contribution in [-0.4, -0.2) is 31.3 Å². The third-order valence-corrected chi connectivity index (χ3v) is 5.54. The Bertz CT molecular complexity index is 1380. The van der Waals surface area contributed by atoms with Crippen molar-refractivity contribution < 1.29 is 108 Å². The quantitative estimate of drug-likeness (QED) is 0.0455. The molecule has 1 atom stereocenters. The van der Waals surface area contributed by atoms with Crippen LogP contribution < -0.4 is 68.9 Å². The van der Waals surface area contributed by atoms with E-state index in [1.165, 1.54) is 44.9 Å². The summed E-state index contributed by atoms with van der Waals surface area (Å²) in [6.45, 7) is 2.52. The third-order valence-electron chi connectivity index (χ3n) is 5.08. The number of carbonyl (C=O) groups is 2. The summed E-state index contributed by atoms with van der Waals surface area (Å²) in [6.07, 6.45) is 11.1. The van der Waals surface area contributed by atoms with Crippen LogP contribution >= 0.6 is 21.3 Å². The van der Waals surface area contributed by atoms with Crippen molar-refractivity contribution in [3.63, 3.8) is 0 Å². The Morgan fingerprint density at radius 1 is 0.689 bits per heavy atom. The van der Waals surface area contributed by atoms with Gasteiger partial charge in [-0.15, -0.1) is 0 Å². The van der Waals surface area contributed by atoms with Crippen molar-refractivity contribution in [1.29, 1.82) is 0 Å². The minimum atomic E-state index is -5.32. The number of hydrogen-bond acceptors (Lipinski definition) is 8. The molecule has 0 N–H and O–H groups in total. The molecule has 0 aromatic rings. The average molecular weight is 687 g/mol. The molecule has 0 aliphatic rings. The van der Waals surface area contributed by atoms with Crippen LogP contribution in [0.2, 0.25) is 0 Å². The van der Waals surface area contributed by atoms with E-state index in [1.807, 2.05) is 0 Å². The van der Waals surface area contributed by atoms with Crippen LogP contribution in [0.15, 0.2) is 0 Å². The standard InChI is InChI=1S/C33H37O8P.2Na.H2S.8H2/c1-3-5-7-9-11-13-15-16-18-19-21-23-25-27-32(34)39-29-31(30-40-42(36,37)38)41-33(35)28-26-24-22-20-17-14-12-10-8-6-4-2;;;;;;;;;;;/h31H,4,6,8,10,12,14,17,20,22,24,26,28-30H2,1-2H3,(H2,36,37,38);;;1H2;8*1H/q;2*+1;;;;;;;;;/p-2/t31-;;;;;;;;;;;/m1.........../s1. The van der Waals surface area contributed by atoms with E-state index in [4.69, 9.17) is 9.47 Å². The number of hydrogen-bond donors (Lipinski definition) is 0. The van der Waals surface area contributed by atoms with E-state index in [9.17, 15) is 23.9 Å². The van der Waals surface area contributed by atoms with Gasteiger partial charge < -0.3 is 28.3 Å². The van der Waals surface area contributed by atoms with Gasteiger partial charge in [-0.1, -0.05) is 77.1 Å². The van der Waals surface area contributed by atoms with Crippen LogP contribution in [0.3, 0.4) is 0 Å². The Morgan fingerprint density at radius 2 is 1.11 bits per heavy atom. The predicted octanol–water partition coefficient (Wildman–Crippen LogP) is -0.880. The molecule has 12 heteroatoms. The molecular formula is C33H53Na2O8PS. The summed E-state index contributed by atoms with van der Waals surface area (Å²) in [5.74, 6) is 32.0. The fourth-order valence-electron chi connectivity index (χ4n) is 3.13. The zero-order chi connectivity index (χ0) is 31.2. The van der Waals surface area contributed by atoms with Crippen molar-refractivity contribution in [2.24, 2.45) is 0 Å². The first-order valence-corrected chi connectivity index (χ1v) is 15.2. The zero-order valence-corrected chi connectivity index (χ0v) is 32.6. The Balaban J connectivity index is -0.000000153. The molecule has 246 valence electrons. The summed E-state index contributed by atoms with van der Waals surface area (Å²) in [4.78, 5) is 45.6. The first-order valence-electron chi connectivity index (χ1n) is 13.7. The molecule has 0 aliphatic carbocycles. The molecule has 45 heavy (non-hydrogen) atoms. The van der Waals surface area contributed by atoms with E-state index in [0.717, 1.165) is 19.3 Å². The van der Waals surface area contributed by atoms with E-state index in [0.29, 0.717) is 6.42 Å². The SMILES string of the molecule is CC#CC#CC#CC#CC#CC#CC#CC(=O)OC[C@H](COP(=O)([O-])[O-])OC(=O)CCCCCCCCCCCCC.S.[HH].[HH].[HH].[HH].[HH].[HH].[HH].[HH].[Na+].[Na+]. The number of phosphoric ester groups is 1. The predicted molar refractivity (Wildman–Crippen MR) is 183 cm³/mol. The summed E-state index contributed by atoms with van der Waals surface area (Å²) >= 11 is 0. The maximum atomic E-state index is 12.2. The van der Waals surface area contributed by atoms with Gasteiger partial charge in [0.15, 0.2) is 6.10 Å². The maximum absolute atomic E-state index is 12.2. The van der Waals surface area contributed by atoms with E-state index in [1.54, 1.807) is 6.92 Å². The first kappa shape index (κ1) is 50.2. The van der Waals surface area contributed by atoms with E-state index in [2.05, 4.69) is 94.3 Å². The second kappa shape index (κ2) is 36.8. The van der Waals surface area contributed by atoms with Gasteiger partial charge in [-0.25, -0.2) is 4.79 Å². The minimum Gasteiger partial charge on any atom is -0.790 e. The van der Waals surface area contributed by atoms with Gasteiger partial charge in [-0.3, -0.25) is 4.79 Å². The summed E-state index contributed by atoms with van der Waals surface area (Å²) in [7, 11) is -5.32. The number of rotatable bonds is 18. The Hall–Kier alpha value is -1.68. The Morgan fingerprint density at radius 3 is 1.56 bits per heavy atom. The zero-order valence-electron chi connectivity index (χ0n) is 26.7. The molecule has 0 amide bonds. The largest absolute Gasteiger partial charge is 1.00 e. The molecule has 0 bridgehead atoms. The van der Waals surface area contributed by atoms with Crippen LogP contribution in [0.25, 0.3) is 0 Å². The van der Waals surface area contributed by atoms with Crippen molar-refractivity contribution in [3.8, 4) is 82.9 Å². The molecule has 0 aromatic heterocycles. The normalized spacial score (nSPS) is 9.07. The molecule has 8 nitrogen and oxygen atoms in total. The van der Waals surface area contributed by atoms with Crippen LogP contribution in [-0.2, 0) is 28.2 Å². The molecule has 0 unspecified atom stereocenters. The second-order valence-corrected chi connectivity index (χ2v) is 9.77. The van der Waals surface area contributed by atoms with Crippen molar-refractivity contribution in [3.05, 3.63) is 0 Å². The van der Waals surface area contributed by atoms with Crippen LogP contribution in [0, 0.1) is 82.9 Å². The number of esters is 2. The molecule has 0 fully saturated rings. The molecular weight excluding hydrogens is 633 g/mol. The number of phosphoric acid groups is 1. The number of carbonyl (C=O) groups excluding carboxylic acids is 2. The van der Waals surface area contributed by atoms with Gasteiger partial charge in [-0.05, 0) is 84.4 Å². The molecule has 0 spiro atoms. The van der Waals surface area contributed by atoms with Crippen molar-refractivity contribution in [1.82, 2.24) is 0 Å². The fraction of sp³-hybridized carbons (Fsp3) is 0.515. The van der Waals surface area contributed by atoms with Crippen molar-refractivity contribution in [2.45, 2.75) is 97.0 Å². The van der Waals surface area contributed by atoms with Gasteiger partial charge in [0.25, 0.3) is 0 Å². The van der Waals surface area contributed by atoms with Gasteiger partial charge in [0.2, 0.25) is 0 Å². The van der Waals surface area contributed by atoms with Crippen LogP contribution in [0.1, 0.15) is 102 Å². The summed E-state index contributed by atoms with van der Waals surface area (Å²) in [5, 5.41) is 0. The second-order valence-electron chi connectivity index (χ2n) is 8.61. The third kappa shape index (κ3) is 40.3. The van der Waals surface area contributed by atoms with E-state index < -0.39 is 39.1 Å². The summed E-state index contributed by atoms with van der Waals surface area (Å²) in [6, 6.07) is 0. The molecule has 0 aromatic carbocycles. The van der Waals surface area contributed by atoms with Gasteiger partial charge in [0, 0.05) is 23.8 Å². The van der Waals surface area contributed by atoms with Gasteiger partial charge in [0.1, 0.15) is 6.61 Å². The summed E-state index contributed by atoms with van der Waals surface area (Å²) < 4.78 is 25.0. The first-order chi connectivity index (χ1) is 20.3. The van der Waals surface area contributed by atoms with Crippen molar-refractivity contribution in [2.75, 3.05) is 13.2 Å². The minimum absolute atomic E-state index is 0. The molecule has 0 saturated carbocycles. The van der Waals surface area contributed by atoms with Gasteiger partial charge in [0.05, 0.1) is 14.4 Å². The average Bonchev–Trinajstić information content (AvgIpc) is 2.95. The summed E-state index contributed by atoms with van der Waals surface area (Å²) in [5.41, 5.74) is 0. The topological polar surface area (TPSA) is 125 Å². The van der Waals surface area contributed by atoms with E-state index >= 15 is 0 Å². The molecule has 0 heterocycles. The number of unbranched alkanes of at least 4 members (excludes halogenated alkanes) is 10. The van der Waals surface area contributed by atoms with E-state index in [-0.39, 0.29) is 90.4 Å². The molecule has 0 saturated heterocycles. The molecule has 0 rings (SSSR count). The molecule has 0 radical (unpaired) electrons. The fourth-order valence-corrected chi connectivity index (χ4v) is 3.48.